The number of alkyl halides is 3. The Bertz CT molecular complexity index is 538. The number of hydrogen-bond donors (Lipinski definition) is 0. The molecule has 1 aromatic rings. The van der Waals surface area contributed by atoms with Gasteiger partial charge in [0.2, 0.25) is 5.95 Å². The van der Waals surface area contributed by atoms with Crippen LogP contribution in [0, 0.1) is 0 Å². The third-order valence-electron chi connectivity index (χ3n) is 2.49. The van der Waals surface area contributed by atoms with Crippen LogP contribution in [0.3, 0.4) is 0 Å². The fourth-order valence-electron chi connectivity index (χ4n) is 1.65. The van der Waals surface area contributed by atoms with Crippen molar-refractivity contribution in [3.63, 3.8) is 0 Å². The summed E-state index contributed by atoms with van der Waals surface area (Å²) in [4.78, 5) is 6.31. The number of rotatable bonds is 1. The van der Waals surface area contributed by atoms with Gasteiger partial charge in [-0.05, 0) is 6.42 Å². The molecule has 0 unspecified atom stereocenters. The molecule has 2 heterocycles. The van der Waals surface area contributed by atoms with E-state index in [0.717, 1.165) is 10.8 Å². The van der Waals surface area contributed by atoms with Gasteiger partial charge in [0.1, 0.15) is 5.82 Å². The predicted molar refractivity (Wildman–Crippen MR) is 54.0 cm³/mol. The number of aromatic nitrogens is 2. The number of halogens is 5. The zero-order valence-corrected chi connectivity index (χ0v) is 9.22. The van der Waals surface area contributed by atoms with E-state index in [1.807, 2.05) is 0 Å². The molecular formula is C10H8F5N3. The van der Waals surface area contributed by atoms with Crippen LogP contribution in [0.1, 0.15) is 24.4 Å². The Morgan fingerprint density at radius 1 is 1.22 bits per heavy atom. The van der Waals surface area contributed by atoms with Gasteiger partial charge in [-0.1, -0.05) is 0 Å². The molecule has 2 rings (SSSR count). The van der Waals surface area contributed by atoms with E-state index in [1.54, 1.807) is 0 Å². The zero-order chi connectivity index (χ0) is 13.5. The highest BCUT2D eigenvalue weighted by atomic mass is 19.4. The van der Waals surface area contributed by atoms with Crippen molar-refractivity contribution in [2.24, 2.45) is 12.0 Å². The largest absolute Gasteiger partial charge is 0.434 e. The summed E-state index contributed by atoms with van der Waals surface area (Å²) in [6, 6.07) is 0. The second kappa shape index (κ2) is 4.18. The van der Waals surface area contributed by atoms with Gasteiger partial charge in [0.15, 0.2) is 11.7 Å². The fraction of sp³-hybridized carbons (Fsp3) is 0.400. The normalized spacial score (nSPS) is 17.1. The van der Waals surface area contributed by atoms with E-state index in [4.69, 9.17) is 0 Å². The first-order valence-corrected chi connectivity index (χ1v) is 5.01. The summed E-state index contributed by atoms with van der Waals surface area (Å²) < 4.78 is 64.4. The first kappa shape index (κ1) is 12.7. The highest BCUT2D eigenvalue weighted by Gasteiger charge is 2.35. The molecule has 0 aliphatic carbocycles. The van der Waals surface area contributed by atoms with E-state index >= 15 is 0 Å². The maximum Gasteiger partial charge on any atom is 0.434 e. The minimum atomic E-state index is -4.60. The van der Waals surface area contributed by atoms with Crippen LogP contribution in [0.25, 0.3) is 5.57 Å². The number of hydrogen-bond acceptors (Lipinski definition) is 2. The molecule has 8 heteroatoms. The molecule has 0 fully saturated rings. The second-order valence-corrected chi connectivity index (χ2v) is 3.82. The van der Waals surface area contributed by atoms with Crippen LogP contribution < -0.4 is 0 Å². The maximum atomic E-state index is 13.4. The van der Waals surface area contributed by atoms with Crippen molar-refractivity contribution in [2.45, 2.75) is 19.0 Å². The lowest BCUT2D eigenvalue weighted by Gasteiger charge is -2.10. The number of imidazole rings is 1. The van der Waals surface area contributed by atoms with E-state index in [-0.39, 0.29) is 24.2 Å². The third kappa shape index (κ3) is 2.27. The van der Waals surface area contributed by atoms with Crippen molar-refractivity contribution < 1.29 is 22.0 Å². The van der Waals surface area contributed by atoms with Gasteiger partial charge in [0.05, 0.1) is 5.57 Å². The molecule has 1 aliphatic rings. The van der Waals surface area contributed by atoms with Gasteiger partial charge in [-0.2, -0.15) is 26.9 Å². The van der Waals surface area contributed by atoms with Crippen molar-refractivity contribution in [1.29, 1.82) is 0 Å². The monoisotopic (exact) mass is 265 g/mol. The number of allylic oxidation sites excluding steroid dienone is 1. The van der Waals surface area contributed by atoms with Crippen LogP contribution in [0.5, 0.6) is 0 Å². The van der Waals surface area contributed by atoms with Crippen LogP contribution in [-0.4, -0.2) is 15.5 Å². The van der Waals surface area contributed by atoms with E-state index in [9.17, 15) is 22.0 Å². The molecule has 18 heavy (non-hydrogen) atoms. The summed E-state index contributed by atoms with van der Waals surface area (Å²) in [6.45, 7) is 0. The summed E-state index contributed by atoms with van der Waals surface area (Å²) in [5.74, 6) is -2.18. The second-order valence-electron chi connectivity index (χ2n) is 3.82. The molecular weight excluding hydrogens is 257 g/mol. The average molecular weight is 265 g/mol. The van der Waals surface area contributed by atoms with Crippen molar-refractivity contribution >= 4 is 11.5 Å². The van der Waals surface area contributed by atoms with Crippen LogP contribution >= 0.6 is 0 Å². The van der Waals surface area contributed by atoms with Crippen LogP contribution in [-0.2, 0) is 13.2 Å². The maximum absolute atomic E-state index is 13.4. The molecule has 3 nitrogen and oxygen atoms in total. The van der Waals surface area contributed by atoms with Crippen LogP contribution in [0.4, 0.5) is 22.0 Å². The molecule has 98 valence electrons. The highest BCUT2D eigenvalue weighted by molar-refractivity contribution is 5.82. The number of aryl methyl sites for hydroxylation is 1. The lowest BCUT2D eigenvalue weighted by atomic mass is 10.1. The minimum Gasteiger partial charge on any atom is -0.334 e. The molecule has 1 aliphatic heterocycles. The Balaban J connectivity index is 2.47. The molecule has 1 aromatic heterocycles. The van der Waals surface area contributed by atoms with Crippen molar-refractivity contribution in [1.82, 2.24) is 9.55 Å². The Kier molecular flexibility index (Phi) is 2.95. The van der Waals surface area contributed by atoms with E-state index in [0.29, 0.717) is 0 Å². The van der Waals surface area contributed by atoms with Gasteiger partial charge >= 0.3 is 6.18 Å². The van der Waals surface area contributed by atoms with E-state index in [1.165, 1.54) is 7.05 Å². The standard InChI is InChI=1S/C10H8F5N3/c1-18-4-6(10(13,14)15)16-9(18)5-2-3-7(11)17-8(5)12/h4H,2-3H2,1H3. The molecule has 0 N–H and O–H groups in total. The minimum absolute atomic E-state index is 0.0662. The topological polar surface area (TPSA) is 30.2 Å². The number of nitrogens with zero attached hydrogens (tertiary/aromatic N) is 3. The molecule has 0 atom stereocenters. The molecule has 0 aromatic carbocycles. The summed E-state index contributed by atoms with van der Waals surface area (Å²) in [5, 5.41) is 0. The van der Waals surface area contributed by atoms with Crippen LogP contribution in [0.15, 0.2) is 17.1 Å². The smallest absolute Gasteiger partial charge is 0.334 e. The van der Waals surface area contributed by atoms with E-state index in [2.05, 4.69) is 9.98 Å². The average Bonchev–Trinajstić information content (AvgIpc) is 2.60. The summed E-state index contributed by atoms with van der Waals surface area (Å²) in [5.41, 5.74) is -1.23. The molecule has 0 spiro atoms. The first-order valence-electron chi connectivity index (χ1n) is 5.01. The molecule has 0 saturated carbocycles. The van der Waals surface area contributed by atoms with Gasteiger partial charge in [-0.3, -0.25) is 0 Å². The molecule has 0 amide bonds. The van der Waals surface area contributed by atoms with Gasteiger partial charge in [-0.25, -0.2) is 4.98 Å². The number of aliphatic imine (C=N–C) groups is 1. The molecule has 0 bridgehead atoms. The predicted octanol–water partition coefficient (Wildman–Crippen LogP) is 3.24. The molecule has 0 saturated heterocycles. The SMILES string of the molecule is Cn1cc(C(F)(F)F)nc1C1=C(F)N=C(F)CC1. The van der Waals surface area contributed by atoms with Gasteiger partial charge < -0.3 is 4.57 Å². The van der Waals surface area contributed by atoms with Crippen molar-refractivity contribution in [3.05, 3.63) is 23.7 Å². The summed E-state index contributed by atoms with van der Waals surface area (Å²) >= 11 is 0. The van der Waals surface area contributed by atoms with Crippen LogP contribution in [0.2, 0.25) is 0 Å². The quantitative estimate of drug-likeness (QED) is 0.566. The van der Waals surface area contributed by atoms with Gasteiger partial charge in [-0.15, -0.1) is 0 Å². The Morgan fingerprint density at radius 2 is 1.89 bits per heavy atom. The zero-order valence-electron chi connectivity index (χ0n) is 9.22. The Morgan fingerprint density at radius 3 is 2.39 bits per heavy atom. The van der Waals surface area contributed by atoms with Crippen molar-refractivity contribution in [2.75, 3.05) is 0 Å². The van der Waals surface area contributed by atoms with Gasteiger partial charge in [0, 0.05) is 19.7 Å². The summed E-state index contributed by atoms with van der Waals surface area (Å²) in [6.07, 6.45) is -4.05. The van der Waals surface area contributed by atoms with Gasteiger partial charge in [0.25, 0.3) is 0 Å². The first-order chi connectivity index (χ1) is 8.29. The fourth-order valence-corrected chi connectivity index (χ4v) is 1.65. The van der Waals surface area contributed by atoms with Crippen molar-refractivity contribution in [3.8, 4) is 0 Å². The lowest BCUT2D eigenvalue weighted by Crippen LogP contribution is -2.06. The Hall–Kier alpha value is -1.73. The molecule has 0 radical (unpaired) electrons. The summed E-state index contributed by atoms with van der Waals surface area (Å²) in [7, 11) is 1.31. The lowest BCUT2D eigenvalue weighted by molar-refractivity contribution is -0.141. The third-order valence-corrected chi connectivity index (χ3v) is 2.49. The Labute approximate surface area is 98.7 Å². The highest BCUT2D eigenvalue weighted by Crippen LogP contribution is 2.33. The van der Waals surface area contributed by atoms with E-state index < -0.39 is 23.8 Å².